The first kappa shape index (κ1) is 19.6. The molecule has 24 heavy (non-hydrogen) atoms. The topological polar surface area (TPSA) is 30.9 Å². The van der Waals surface area contributed by atoms with Crippen LogP contribution in [0.2, 0.25) is 0 Å². The largest absolute Gasteiger partial charge is 0.504 e. The molecule has 0 aliphatic carbocycles. The second-order valence-electron chi connectivity index (χ2n) is 6.61. The SMILES string of the molecule is CCCCCN1CCCC1c1ccc(C[Si](OC)(OC)OC)cc1. The minimum Gasteiger partial charge on any atom is -0.377 e. The average molecular weight is 352 g/mol. The van der Waals surface area contributed by atoms with Crippen molar-refractivity contribution in [3.05, 3.63) is 35.4 Å². The minimum absolute atomic E-state index is 0.588. The molecular formula is C19H33NO3Si. The third-order valence-electron chi connectivity index (χ3n) is 5.13. The number of hydrogen-bond donors (Lipinski definition) is 0. The highest BCUT2D eigenvalue weighted by Crippen LogP contribution is 2.32. The molecule has 4 nitrogen and oxygen atoms in total. The van der Waals surface area contributed by atoms with Gasteiger partial charge in [-0.05, 0) is 43.5 Å². The number of likely N-dealkylation sites (tertiary alicyclic amines) is 1. The smallest absolute Gasteiger partial charge is 0.377 e. The summed E-state index contributed by atoms with van der Waals surface area (Å²) in [7, 11) is 2.45. The van der Waals surface area contributed by atoms with Crippen molar-refractivity contribution in [2.75, 3.05) is 34.4 Å². The Morgan fingerprint density at radius 2 is 1.71 bits per heavy atom. The fraction of sp³-hybridized carbons (Fsp3) is 0.684. The van der Waals surface area contributed by atoms with E-state index in [0.717, 1.165) is 0 Å². The summed E-state index contributed by atoms with van der Waals surface area (Å²) in [6, 6.07) is 10.3. The van der Waals surface area contributed by atoms with Crippen molar-refractivity contribution in [1.29, 1.82) is 0 Å². The van der Waals surface area contributed by atoms with Gasteiger partial charge in [-0.15, -0.1) is 0 Å². The third-order valence-corrected chi connectivity index (χ3v) is 7.84. The Morgan fingerprint density at radius 1 is 1.04 bits per heavy atom. The lowest BCUT2D eigenvalue weighted by Crippen LogP contribution is -2.45. The third kappa shape index (κ3) is 4.89. The molecule has 5 heteroatoms. The Bertz CT molecular complexity index is 468. The Labute approximate surface area is 148 Å². The molecule has 1 aliphatic rings. The van der Waals surface area contributed by atoms with E-state index in [1.165, 1.54) is 56.3 Å². The van der Waals surface area contributed by atoms with Crippen molar-refractivity contribution >= 4 is 8.80 Å². The molecule has 1 heterocycles. The van der Waals surface area contributed by atoms with Gasteiger partial charge in [0.2, 0.25) is 0 Å². The van der Waals surface area contributed by atoms with Gasteiger partial charge in [-0.3, -0.25) is 4.90 Å². The monoisotopic (exact) mass is 351 g/mol. The summed E-state index contributed by atoms with van der Waals surface area (Å²) in [5, 5.41) is 0. The quantitative estimate of drug-likeness (QED) is 0.471. The number of benzene rings is 1. The van der Waals surface area contributed by atoms with Crippen molar-refractivity contribution < 1.29 is 13.3 Å². The molecule has 1 saturated heterocycles. The highest BCUT2D eigenvalue weighted by Gasteiger charge is 2.38. The zero-order valence-electron chi connectivity index (χ0n) is 15.7. The van der Waals surface area contributed by atoms with Gasteiger partial charge >= 0.3 is 8.80 Å². The molecule has 0 spiro atoms. The van der Waals surface area contributed by atoms with Crippen LogP contribution in [0.15, 0.2) is 24.3 Å². The summed E-state index contributed by atoms with van der Waals surface area (Å²) in [5.41, 5.74) is 2.65. The second kappa shape index (κ2) is 9.68. The molecule has 0 bridgehead atoms. The van der Waals surface area contributed by atoms with E-state index in [4.69, 9.17) is 13.3 Å². The lowest BCUT2D eigenvalue weighted by Gasteiger charge is -2.26. The van der Waals surface area contributed by atoms with Gasteiger partial charge in [0.1, 0.15) is 0 Å². The summed E-state index contributed by atoms with van der Waals surface area (Å²) in [5.74, 6) is 0. The highest BCUT2D eigenvalue weighted by atomic mass is 28.4. The van der Waals surface area contributed by atoms with E-state index in [1.807, 2.05) is 0 Å². The van der Waals surface area contributed by atoms with E-state index in [0.29, 0.717) is 12.1 Å². The van der Waals surface area contributed by atoms with Gasteiger partial charge in [-0.25, -0.2) is 0 Å². The number of hydrogen-bond acceptors (Lipinski definition) is 4. The van der Waals surface area contributed by atoms with E-state index in [1.54, 1.807) is 21.3 Å². The zero-order chi connectivity index (χ0) is 17.4. The maximum atomic E-state index is 5.53. The number of nitrogens with zero attached hydrogens (tertiary/aromatic N) is 1. The lowest BCUT2D eigenvalue weighted by molar-refractivity contribution is 0.122. The fourth-order valence-electron chi connectivity index (χ4n) is 3.61. The van der Waals surface area contributed by atoms with Crippen molar-refractivity contribution in [1.82, 2.24) is 4.90 Å². The maximum Gasteiger partial charge on any atom is 0.504 e. The molecule has 1 aromatic rings. The van der Waals surface area contributed by atoms with Crippen LogP contribution in [0.4, 0.5) is 0 Å². The van der Waals surface area contributed by atoms with Gasteiger partial charge in [0.25, 0.3) is 0 Å². The normalized spacial score (nSPS) is 19.1. The molecule has 0 radical (unpaired) electrons. The van der Waals surface area contributed by atoms with Crippen LogP contribution in [0.3, 0.4) is 0 Å². The van der Waals surface area contributed by atoms with Crippen LogP contribution >= 0.6 is 0 Å². The Kier molecular flexibility index (Phi) is 7.91. The van der Waals surface area contributed by atoms with Gasteiger partial charge in [0.05, 0.1) is 0 Å². The van der Waals surface area contributed by atoms with E-state index >= 15 is 0 Å². The zero-order valence-corrected chi connectivity index (χ0v) is 16.7. The summed E-state index contributed by atoms with van der Waals surface area (Å²) in [4.78, 5) is 2.66. The standard InChI is InChI=1S/C19H33NO3Si/c1-5-6-7-14-20-15-8-9-19(20)18-12-10-17(11-13-18)16-24(21-2,22-3)23-4/h10-13,19H,5-9,14-16H2,1-4H3. The van der Waals surface area contributed by atoms with Gasteiger partial charge in [-0.1, -0.05) is 44.0 Å². The van der Waals surface area contributed by atoms with Gasteiger partial charge < -0.3 is 13.3 Å². The first-order valence-corrected chi connectivity index (χ1v) is 11.1. The molecular weight excluding hydrogens is 318 g/mol. The van der Waals surface area contributed by atoms with Crippen LogP contribution in [0.5, 0.6) is 0 Å². The predicted octanol–water partition coefficient (Wildman–Crippen LogP) is 3.97. The van der Waals surface area contributed by atoms with Gasteiger partial charge in [0.15, 0.2) is 0 Å². The number of unbranched alkanes of at least 4 members (excludes halogenated alkanes) is 2. The Balaban J connectivity index is 2.00. The molecule has 1 atom stereocenters. The lowest BCUT2D eigenvalue weighted by atomic mass is 10.0. The van der Waals surface area contributed by atoms with Crippen LogP contribution in [-0.2, 0) is 19.3 Å². The van der Waals surface area contributed by atoms with Gasteiger partial charge in [0, 0.05) is 33.4 Å². The van der Waals surface area contributed by atoms with Crippen LogP contribution in [-0.4, -0.2) is 48.1 Å². The molecule has 0 N–H and O–H groups in total. The molecule has 1 aromatic carbocycles. The molecule has 1 fully saturated rings. The molecule has 0 amide bonds. The Morgan fingerprint density at radius 3 is 2.29 bits per heavy atom. The predicted molar refractivity (Wildman–Crippen MR) is 100 cm³/mol. The fourth-order valence-corrected chi connectivity index (χ4v) is 5.28. The van der Waals surface area contributed by atoms with E-state index in [2.05, 4.69) is 36.1 Å². The summed E-state index contributed by atoms with van der Waals surface area (Å²) in [6.07, 6.45) is 6.52. The van der Waals surface area contributed by atoms with E-state index in [9.17, 15) is 0 Å². The van der Waals surface area contributed by atoms with E-state index < -0.39 is 8.80 Å². The van der Waals surface area contributed by atoms with Crippen LogP contribution < -0.4 is 0 Å². The molecule has 1 unspecified atom stereocenters. The summed E-state index contributed by atoms with van der Waals surface area (Å²) in [6.45, 7) is 4.74. The second-order valence-corrected chi connectivity index (χ2v) is 9.56. The molecule has 0 aromatic heterocycles. The first-order valence-electron chi connectivity index (χ1n) is 9.16. The van der Waals surface area contributed by atoms with Gasteiger partial charge in [-0.2, -0.15) is 0 Å². The Hall–Kier alpha value is -0.723. The molecule has 1 aliphatic heterocycles. The molecule has 0 saturated carbocycles. The van der Waals surface area contributed by atoms with Crippen LogP contribution in [0, 0.1) is 0 Å². The first-order chi connectivity index (χ1) is 11.7. The average Bonchev–Trinajstić information content (AvgIpc) is 3.09. The highest BCUT2D eigenvalue weighted by molar-refractivity contribution is 6.60. The molecule has 136 valence electrons. The minimum atomic E-state index is -2.55. The molecule has 2 rings (SSSR count). The van der Waals surface area contributed by atoms with Crippen LogP contribution in [0.25, 0.3) is 0 Å². The maximum absolute atomic E-state index is 5.53. The van der Waals surface area contributed by atoms with E-state index in [-0.39, 0.29) is 0 Å². The van der Waals surface area contributed by atoms with Crippen LogP contribution in [0.1, 0.15) is 56.2 Å². The summed E-state index contributed by atoms with van der Waals surface area (Å²) < 4.78 is 16.6. The number of rotatable bonds is 10. The van der Waals surface area contributed by atoms with Crippen molar-refractivity contribution in [2.24, 2.45) is 0 Å². The van der Waals surface area contributed by atoms with Crippen molar-refractivity contribution in [2.45, 2.75) is 51.1 Å². The van der Waals surface area contributed by atoms with Crippen molar-refractivity contribution in [3.8, 4) is 0 Å². The van der Waals surface area contributed by atoms with Crippen molar-refractivity contribution in [3.63, 3.8) is 0 Å². The summed E-state index contributed by atoms with van der Waals surface area (Å²) >= 11 is 0.